The minimum absolute atomic E-state index is 0.0430. The smallest absolute Gasteiger partial charge is 0.252 e. The first kappa shape index (κ1) is 15.9. The predicted molar refractivity (Wildman–Crippen MR) is 76.5 cm³/mol. The molecule has 1 aromatic rings. The van der Waals surface area contributed by atoms with Crippen molar-refractivity contribution in [2.75, 3.05) is 26.2 Å². The van der Waals surface area contributed by atoms with Gasteiger partial charge in [0.15, 0.2) is 5.82 Å². The summed E-state index contributed by atoms with van der Waals surface area (Å²) in [5.74, 6) is 0.754. The Morgan fingerprint density at radius 3 is 2.62 bits per heavy atom. The van der Waals surface area contributed by atoms with E-state index in [1.807, 2.05) is 0 Å². The number of amides is 1. The van der Waals surface area contributed by atoms with Crippen molar-refractivity contribution in [3.05, 3.63) is 11.7 Å². The van der Waals surface area contributed by atoms with Crippen LogP contribution >= 0.6 is 0 Å². The number of aliphatic hydroxyl groups excluding tert-OH is 1. The van der Waals surface area contributed by atoms with Gasteiger partial charge in [-0.1, -0.05) is 24.4 Å². The monoisotopic (exact) mass is 296 g/mol. The van der Waals surface area contributed by atoms with Gasteiger partial charge in [-0.25, -0.2) is 0 Å². The number of likely N-dealkylation sites (tertiary alicyclic amines) is 1. The molecule has 0 unspecified atom stereocenters. The van der Waals surface area contributed by atoms with E-state index in [2.05, 4.69) is 20.4 Å². The fourth-order valence-electron chi connectivity index (χ4n) is 2.50. The van der Waals surface area contributed by atoms with E-state index in [0.29, 0.717) is 25.3 Å². The summed E-state index contributed by atoms with van der Waals surface area (Å²) >= 11 is 0. The van der Waals surface area contributed by atoms with Crippen molar-refractivity contribution in [3.63, 3.8) is 0 Å². The summed E-state index contributed by atoms with van der Waals surface area (Å²) in [6, 6.07) is 0. The molecule has 21 heavy (non-hydrogen) atoms. The summed E-state index contributed by atoms with van der Waals surface area (Å²) in [5, 5.41) is 15.4. The molecule has 1 fully saturated rings. The van der Waals surface area contributed by atoms with Crippen LogP contribution in [-0.4, -0.2) is 52.2 Å². The average Bonchev–Trinajstić information content (AvgIpc) is 2.90. The SMILES string of the molecule is O=C(CN1CCCCCCC1)NCCc1noc(CO)n1. The molecule has 1 aliphatic rings. The summed E-state index contributed by atoms with van der Waals surface area (Å²) < 4.78 is 4.79. The van der Waals surface area contributed by atoms with E-state index < -0.39 is 0 Å². The lowest BCUT2D eigenvalue weighted by Crippen LogP contribution is -2.39. The van der Waals surface area contributed by atoms with E-state index >= 15 is 0 Å². The second-order valence-corrected chi connectivity index (χ2v) is 5.41. The minimum Gasteiger partial charge on any atom is -0.387 e. The van der Waals surface area contributed by atoms with E-state index in [4.69, 9.17) is 9.63 Å². The van der Waals surface area contributed by atoms with Crippen LogP contribution in [0.1, 0.15) is 43.8 Å². The fraction of sp³-hybridized carbons (Fsp3) is 0.786. The molecule has 0 radical (unpaired) electrons. The molecular weight excluding hydrogens is 272 g/mol. The molecule has 1 aliphatic heterocycles. The molecule has 1 aromatic heterocycles. The number of hydrogen-bond donors (Lipinski definition) is 2. The second kappa shape index (κ2) is 8.74. The van der Waals surface area contributed by atoms with Gasteiger partial charge in [-0.3, -0.25) is 9.69 Å². The van der Waals surface area contributed by atoms with Crippen LogP contribution < -0.4 is 5.32 Å². The Hall–Kier alpha value is -1.47. The quantitative estimate of drug-likeness (QED) is 0.793. The van der Waals surface area contributed by atoms with E-state index in [1.165, 1.54) is 32.1 Å². The Kier molecular flexibility index (Phi) is 6.62. The van der Waals surface area contributed by atoms with Crippen molar-refractivity contribution >= 4 is 5.91 Å². The van der Waals surface area contributed by atoms with Gasteiger partial charge in [0.25, 0.3) is 5.89 Å². The first-order valence-corrected chi connectivity index (χ1v) is 7.69. The molecule has 7 heteroatoms. The number of aromatic nitrogens is 2. The van der Waals surface area contributed by atoms with Gasteiger partial charge in [0.1, 0.15) is 6.61 Å². The van der Waals surface area contributed by atoms with Crippen LogP contribution in [0, 0.1) is 0 Å². The molecule has 2 rings (SSSR count). The van der Waals surface area contributed by atoms with E-state index in [-0.39, 0.29) is 18.4 Å². The average molecular weight is 296 g/mol. The predicted octanol–water partition coefficient (Wildman–Crippen LogP) is 0.487. The third-order valence-electron chi connectivity index (χ3n) is 3.63. The van der Waals surface area contributed by atoms with Gasteiger partial charge in [0, 0.05) is 13.0 Å². The van der Waals surface area contributed by atoms with Crippen LogP contribution in [-0.2, 0) is 17.8 Å². The number of hydrogen-bond acceptors (Lipinski definition) is 6. The number of carbonyl (C=O) groups excluding carboxylic acids is 1. The van der Waals surface area contributed by atoms with Gasteiger partial charge < -0.3 is 14.9 Å². The maximum absolute atomic E-state index is 11.9. The first-order chi connectivity index (χ1) is 10.3. The van der Waals surface area contributed by atoms with Crippen molar-refractivity contribution < 1.29 is 14.4 Å². The Morgan fingerprint density at radius 1 is 1.24 bits per heavy atom. The van der Waals surface area contributed by atoms with Crippen LogP contribution in [0.4, 0.5) is 0 Å². The first-order valence-electron chi connectivity index (χ1n) is 7.69. The van der Waals surface area contributed by atoms with Crippen molar-refractivity contribution in [3.8, 4) is 0 Å². The topological polar surface area (TPSA) is 91.5 Å². The molecule has 0 aromatic carbocycles. The number of nitrogens with zero attached hydrogens (tertiary/aromatic N) is 3. The number of carbonyl (C=O) groups is 1. The lowest BCUT2D eigenvalue weighted by molar-refractivity contribution is -0.122. The number of aliphatic hydroxyl groups is 1. The largest absolute Gasteiger partial charge is 0.387 e. The molecule has 2 heterocycles. The maximum atomic E-state index is 11.9. The van der Waals surface area contributed by atoms with Gasteiger partial charge in [-0.2, -0.15) is 4.98 Å². The fourth-order valence-corrected chi connectivity index (χ4v) is 2.50. The van der Waals surface area contributed by atoms with Crippen LogP contribution in [0.15, 0.2) is 4.52 Å². The molecule has 0 atom stereocenters. The summed E-state index contributed by atoms with van der Waals surface area (Å²) in [6.07, 6.45) is 6.72. The van der Waals surface area contributed by atoms with E-state index in [9.17, 15) is 4.79 Å². The summed E-state index contributed by atoms with van der Waals surface area (Å²) in [5.41, 5.74) is 0. The summed E-state index contributed by atoms with van der Waals surface area (Å²) in [4.78, 5) is 18.1. The van der Waals surface area contributed by atoms with Crippen molar-refractivity contribution in [2.24, 2.45) is 0 Å². The molecule has 0 bridgehead atoms. The minimum atomic E-state index is -0.256. The molecular formula is C14H24N4O3. The van der Waals surface area contributed by atoms with Crippen LogP contribution in [0.5, 0.6) is 0 Å². The molecule has 0 saturated carbocycles. The van der Waals surface area contributed by atoms with Crippen LogP contribution in [0.3, 0.4) is 0 Å². The zero-order valence-electron chi connectivity index (χ0n) is 12.4. The Morgan fingerprint density at radius 2 is 1.95 bits per heavy atom. The van der Waals surface area contributed by atoms with Gasteiger partial charge in [0.05, 0.1) is 6.54 Å². The summed E-state index contributed by atoms with van der Waals surface area (Å²) in [7, 11) is 0. The third kappa shape index (κ3) is 5.81. The van der Waals surface area contributed by atoms with Crippen molar-refractivity contribution in [1.29, 1.82) is 0 Å². The third-order valence-corrected chi connectivity index (χ3v) is 3.63. The lowest BCUT2D eigenvalue weighted by atomic mass is 10.1. The van der Waals surface area contributed by atoms with Gasteiger partial charge in [-0.15, -0.1) is 0 Å². The highest BCUT2D eigenvalue weighted by molar-refractivity contribution is 5.77. The Balaban J connectivity index is 1.64. The van der Waals surface area contributed by atoms with Crippen LogP contribution in [0.25, 0.3) is 0 Å². The lowest BCUT2D eigenvalue weighted by Gasteiger charge is -2.23. The molecule has 1 saturated heterocycles. The Labute approximate surface area is 124 Å². The normalized spacial score (nSPS) is 17.2. The van der Waals surface area contributed by atoms with Crippen molar-refractivity contribution in [1.82, 2.24) is 20.4 Å². The molecule has 0 aliphatic carbocycles. The van der Waals surface area contributed by atoms with Gasteiger partial charge in [-0.05, 0) is 25.9 Å². The molecule has 2 N–H and O–H groups in total. The van der Waals surface area contributed by atoms with Gasteiger partial charge >= 0.3 is 0 Å². The van der Waals surface area contributed by atoms with Crippen LogP contribution in [0.2, 0.25) is 0 Å². The molecule has 1 amide bonds. The second-order valence-electron chi connectivity index (χ2n) is 5.41. The molecule has 0 spiro atoms. The molecule has 118 valence electrons. The number of rotatable bonds is 6. The zero-order valence-corrected chi connectivity index (χ0v) is 12.4. The van der Waals surface area contributed by atoms with Crippen molar-refractivity contribution in [2.45, 2.75) is 45.1 Å². The molecule has 7 nitrogen and oxygen atoms in total. The van der Waals surface area contributed by atoms with Gasteiger partial charge in [0.2, 0.25) is 5.91 Å². The van der Waals surface area contributed by atoms with E-state index in [1.54, 1.807) is 0 Å². The number of nitrogens with one attached hydrogen (secondary N) is 1. The standard InChI is InChI=1S/C14H24N4O3/c19-11-14-16-12(17-21-14)6-7-15-13(20)10-18-8-4-2-1-3-5-9-18/h19H,1-11H2,(H,15,20). The highest BCUT2D eigenvalue weighted by Gasteiger charge is 2.12. The Bertz CT molecular complexity index is 428. The maximum Gasteiger partial charge on any atom is 0.252 e. The highest BCUT2D eigenvalue weighted by Crippen LogP contribution is 2.09. The summed E-state index contributed by atoms with van der Waals surface area (Å²) in [6.45, 7) is 2.72. The zero-order chi connectivity index (χ0) is 14.9. The van der Waals surface area contributed by atoms with E-state index in [0.717, 1.165) is 13.1 Å². The highest BCUT2D eigenvalue weighted by atomic mass is 16.5.